The van der Waals surface area contributed by atoms with Crippen LogP contribution >= 0.6 is 0 Å². The molecule has 8 nitrogen and oxygen atoms in total. The zero-order valence-electron chi connectivity index (χ0n) is 17.1. The second-order valence-electron chi connectivity index (χ2n) is 7.06. The molecule has 0 aromatic heterocycles. The SMILES string of the molecule is NC(=O)[C@H](C(=O)Nc1ccc(N2CCOCC2=O)c(C(F)(F)F)c1)N(CC(F)F)CC(F)(F)F. The summed E-state index contributed by atoms with van der Waals surface area (Å²) in [6.07, 6.45) is -13.5. The van der Waals surface area contributed by atoms with Gasteiger partial charge in [0.2, 0.25) is 5.91 Å². The van der Waals surface area contributed by atoms with Crippen molar-refractivity contribution in [3.05, 3.63) is 23.8 Å². The lowest BCUT2D eigenvalue weighted by Crippen LogP contribution is -2.55. The van der Waals surface area contributed by atoms with E-state index in [2.05, 4.69) is 0 Å². The van der Waals surface area contributed by atoms with Gasteiger partial charge in [0.1, 0.15) is 6.61 Å². The van der Waals surface area contributed by atoms with E-state index in [-0.39, 0.29) is 18.1 Å². The van der Waals surface area contributed by atoms with Gasteiger partial charge >= 0.3 is 12.4 Å². The molecule has 190 valence electrons. The Bertz CT molecular complexity index is 922. The fourth-order valence-electron chi connectivity index (χ4n) is 3.20. The summed E-state index contributed by atoms with van der Waals surface area (Å²) in [6, 6.07) is -0.460. The van der Waals surface area contributed by atoms with E-state index in [0.717, 1.165) is 17.0 Å². The number of carbonyl (C=O) groups is 3. The van der Waals surface area contributed by atoms with E-state index in [1.54, 1.807) is 5.32 Å². The van der Waals surface area contributed by atoms with Gasteiger partial charge in [-0.1, -0.05) is 0 Å². The number of nitrogens with two attached hydrogens (primary N) is 1. The van der Waals surface area contributed by atoms with Gasteiger partial charge in [-0.15, -0.1) is 0 Å². The third-order valence-electron chi connectivity index (χ3n) is 4.48. The number of alkyl halides is 8. The average molecular weight is 506 g/mol. The maximum absolute atomic E-state index is 13.6. The van der Waals surface area contributed by atoms with Crippen molar-refractivity contribution in [2.45, 2.75) is 24.8 Å². The topological polar surface area (TPSA) is 105 Å². The summed E-state index contributed by atoms with van der Waals surface area (Å²) in [5.74, 6) is -4.15. The van der Waals surface area contributed by atoms with Gasteiger partial charge in [-0.2, -0.15) is 26.3 Å². The number of ether oxygens (including phenoxy) is 1. The first kappa shape index (κ1) is 27.2. The zero-order chi connectivity index (χ0) is 25.8. The summed E-state index contributed by atoms with van der Waals surface area (Å²) >= 11 is 0. The first-order valence-corrected chi connectivity index (χ1v) is 9.38. The zero-order valence-corrected chi connectivity index (χ0v) is 17.1. The largest absolute Gasteiger partial charge is 0.418 e. The first-order chi connectivity index (χ1) is 15.6. The number of morpholine rings is 1. The summed E-state index contributed by atoms with van der Waals surface area (Å²) in [4.78, 5) is 36.6. The molecule has 3 amide bonds. The highest BCUT2D eigenvalue weighted by molar-refractivity contribution is 6.09. The van der Waals surface area contributed by atoms with Crippen LogP contribution in [-0.4, -0.2) is 74.1 Å². The van der Waals surface area contributed by atoms with Crippen LogP contribution < -0.4 is 16.0 Å². The number of amides is 3. The summed E-state index contributed by atoms with van der Waals surface area (Å²) in [6.45, 7) is -4.47. The smallest absolute Gasteiger partial charge is 0.370 e. The predicted molar refractivity (Wildman–Crippen MR) is 99.9 cm³/mol. The molecule has 34 heavy (non-hydrogen) atoms. The van der Waals surface area contributed by atoms with E-state index in [4.69, 9.17) is 10.5 Å². The number of nitrogens with zero attached hydrogens (tertiary/aromatic N) is 2. The van der Waals surface area contributed by atoms with Crippen LogP contribution in [0.5, 0.6) is 0 Å². The highest BCUT2D eigenvalue weighted by Gasteiger charge is 2.41. The molecule has 0 bridgehead atoms. The predicted octanol–water partition coefficient (Wildman–Crippen LogP) is 1.99. The minimum Gasteiger partial charge on any atom is -0.370 e. The van der Waals surface area contributed by atoms with Gasteiger partial charge in [-0.05, 0) is 18.2 Å². The number of rotatable bonds is 8. The van der Waals surface area contributed by atoms with E-state index in [1.165, 1.54) is 0 Å². The van der Waals surface area contributed by atoms with E-state index >= 15 is 0 Å². The molecule has 1 aromatic rings. The molecule has 0 aliphatic carbocycles. The van der Waals surface area contributed by atoms with Gasteiger partial charge in [0, 0.05) is 12.2 Å². The fourth-order valence-corrected chi connectivity index (χ4v) is 3.20. The van der Waals surface area contributed by atoms with Crippen LogP contribution in [0, 0.1) is 0 Å². The highest BCUT2D eigenvalue weighted by atomic mass is 19.4. The molecule has 0 radical (unpaired) electrons. The molecular weight excluding hydrogens is 488 g/mol. The molecule has 2 rings (SSSR count). The van der Waals surface area contributed by atoms with Crippen molar-refractivity contribution >= 4 is 29.1 Å². The average Bonchev–Trinajstić information content (AvgIpc) is 2.65. The van der Waals surface area contributed by atoms with E-state index in [0.29, 0.717) is 6.07 Å². The Balaban J connectivity index is 2.38. The quantitative estimate of drug-likeness (QED) is 0.415. The Hall–Kier alpha value is -3.01. The van der Waals surface area contributed by atoms with Gasteiger partial charge in [-0.25, -0.2) is 8.78 Å². The Labute approximate surface area is 186 Å². The second kappa shape index (κ2) is 10.5. The van der Waals surface area contributed by atoms with Crippen molar-refractivity contribution in [2.75, 3.05) is 43.1 Å². The lowest BCUT2D eigenvalue weighted by Gasteiger charge is -2.30. The molecule has 1 fully saturated rings. The molecule has 0 unspecified atom stereocenters. The minimum absolute atomic E-state index is 0.0407. The lowest BCUT2D eigenvalue weighted by molar-refractivity contribution is -0.160. The number of hydrogen-bond acceptors (Lipinski definition) is 5. The Morgan fingerprint density at radius 3 is 2.32 bits per heavy atom. The lowest BCUT2D eigenvalue weighted by atomic mass is 10.1. The van der Waals surface area contributed by atoms with E-state index < -0.39 is 79.2 Å². The monoisotopic (exact) mass is 506 g/mol. The molecule has 1 heterocycles. The molecule has 0 saturated carbocycles. The third-order valence-corrected chi connectivity index (χ3v) is 4.48. The Kier molecular flexibility index (Phi) is 8.41. The van der Waals surface area contributed by atoms with E-state index in [1.807, 2.05) is 0 Å². The van der Waals surface area contributed by atoms with Crippen molar-refractivity contribution in [3.63, 3.8) is 0 Å². The van der Waals surface area contributed by atoms with Gasteiger partial charge < -0.3 is 20.7 Å². The van der Waals surface area contributed by atoms with Crippen molar-refractivity contribution in [1.82, 2.24) is 4.90 Å². The standard InChI is InChI=1S/C18H18F8N4O4/c19-12(20)6-29(8-17(21,22)23)14(15(27)32)16(33)28-9-1-2-11(10(5-9)18(24,25)26)30-3-4-34-7-13(30)31/h1-2,5,12,14H,3-4,6-8H2,(H2,27,32)(H,28,33)/t14-/m1/s1. The molecule has 16 heteroatoms. The van der Waals surface area contributed by atoms with Crippen LogP contribution in [0.4, 0.5) is 46.5 Å². The maximum atomic E-state index is 13.6. The number of carbonyl (C=O) groups excluding carboxylic acids is 3. The first-order valence-electron chi connectivity index (χ1n) is 9.38. The summed E-state index contributed by atoms with van der Waals surface area (Å²) < 4.78 is 110. The molecule has 1 aliphatic rings. The van der Waals surface area contributed by atoms with Crippen molar-refractivity contribution in [2.24, 2.45) is 5.73 Å². The van der Waals surface area contributed by atoms with Crippen LogP contribution in [0.25, 0.3) is 0 Å². The van der Waals surface area contributed by atoms with Crippen LogP contribution in [0.15, 0.2) is 18.2 Å². The van der Waals surface area contributed by atoms with Gasteiger partial charge in [0.05, 0.1) is 30.9 Å². The van der Waals surface area contributed by atoms with E-state index in [9.17, 15) is 49.5 Å². The van der Waals surface area contributed by atoms with Crippen LogP contribution in [0.3, 0.4) is 0 Å². The third kappa shape index (κ3) is 7.24. The molecule has 1 aromatic carbocycles. The van der Waals surface area contributed by atoms with Crippen molar-refractivity contribution in [3.8, 4) is 0 Å². The highest BCUT2D eigenvalue weighted by Crippen LogP contribution is 2.39. The molecule has 1 atom stereocenters. The minimum atomic E-state index is -5.10. The van der Waals surface area contributed by atoms with Gasteiger partial charge in [0.15, 0.2) is 6.04 Å². The molecular formula is C18H18F8N4O4. The van der Waals surface area contributed by atoms with Gasteiger partial charge in [0.25, 0.3) is 18.2 Å². The van der Waals surface area contributed by atoms with Crippen LogP contribution in [-0.2, 0) is 25.3 Å². The Morgan fingerprint density at radius 1 is 1.18 bits per heavy atom. The normalized spacial score (nSPS) is 16.2. The summed E-state index contributed by atoms with van der Waals surface area (Å²) in [5, 5.41) is 1.79. The molecule has 1 aliphatic heterocycles. The summed E-state index contributed by atoms with van der Waals surface area (Å²) in [7, 11) is 0. The number of primary amides is 1. The maximum Gasteiger partial charge on any atom is 0.418 e. The molecule has 1 saturated heterocycles. The molecule has 0 spiro atoms. The van der Waals surface area contributed by atoms with Gasteiger partial charge in [-0.3, -0.25) is 19.3 Å². The number of hydrogen-bond donors (Lipinski definition) is 2. The Morgan fingerprint density at radius 2 is 1.82 bits per heavy atom. The number of halogens is 8. The number of nitrogens with one attached hydrogen (secondary N) is 1. The number of anilines is 2. The van der Waals surface area contributed by atoms with Crippen molar-refractivity contribution < 1.29 is 54.2 Å². The second-order valence-corrected chi connectivity index (χ2v) is 7.06. The fraction of sp³-hybridized carbons (Fsp3) is 0.500. The van der Waals surface area contributed by atoms with Crippen LogP contribution in [0.1, 0.15) is 5.56 Å². The molecule has 3 N–H and O–H groups in total. The van der Waals surface area contributed by atoms with Crippen LogP contribution in [0.2, 0.25) is 0 Å². The number of benzene rings is 1. The van der Waals surface area contributed by atoms with Crippen molar-refractivity contribution in [1.29, 1.82) is 0 Å². The summed E-state index contributed by atoms with van der Waals surface area (Å²) in [5.41, 5.74) is 2.36.